The highest BCUT2D eigenvalue weighted by molar-refractivity contribution is 7.99. The summed E-state index contributed by atoms with van der Waals surface area (Å²) in [6.07, 6.45) is 0. The van der Waals surface area contributed by atoms with Gasteiger partial charge in [0.05, 0.1) is 25.1 Å². The lowest BCUT2D eigenvalue weighted by molar-refractivity contribution is -0.113. The SMILES string of the molecule is COc1cccc(NC(=O)CSc2nnc(CNc3ccccc3)n2-c2cc(C)ccc2C)c1. The van der Waals surface area contributed by atoms with Crippen LogP contribution in [0.2, 0.25) is 0 Å². The molecule has 4 rings (SSSR count). The number of aromatic nitrogens is 3. The Balaban J connectivity index is 1.54. The molecule has 0 aliphatic carbocycles. The molecule has 8 heteroatoms. The third kappa shape index (κ3) is 5.77. The van der Waals surface area contributed by atoms with Crippen molar-refractivity contribution in [2.75, 3.05) is 23.5 Å². The van der Waals surface area contributed by atoms with Gasteiger partial charge in [-0.1, -0.05) is 48.2 Å². The van der Waals surface area contributed by atoms with Crippen LogP contribution in [0.1, 0.15) is 17.0 Å². The first-order valence-corrected chi connectivity index (χ1v) is 11.9. The maximum absolute atomic E-state index is 12.6. The van der Waals surface area contributed by atoms with Crippen molar-refractivity contribution in [3.63, 3.8) is 0 Å². The summed E-state index contributed by atoms with van der Waals surface area (Å²) in [5, 5.41) is 15.8. The number of thioether (sulfide) groups is 1. The number of nitrogens with zero attached hydrogens (tertiary/aromatic N) is 3. The van der Waals surface area contributed by atoms with Crippen molar-refractivity contribution >= 4 is 29.0 Å². The van der Waals surface area contributed by atoms with Gasteiger partial charge in [0.25, 0.3) is 0 Å². The van der Waals surface area contributed by atoms with Crippen LogP contribution in [0.4, 0.5) is 11.4 Å². The van der Waals surface area contributed by atoms with Crippen LogP contribution in [0.15, 0.2) is 78.0 Å². The molecule has 1 amide bonds. The maximum Gasteiger partial charge on any atom is 0.234 e. The van der Waals surface area contributed by atoms with Crippen molar-refractivity contribution in [1.29, 1.82) is 0 Å². The molecule has 3 aromatic carbocycles. The minimum absolute atomic E-state index is 0.127. The zero-order chi connectivity index (χ0) is 23.9. The van der Waals surface area contributed by atoms with Crippen LogP contribution in [0.5, 0.6) is 5.75 Å². The monoisotopic (exact) mass is 473 g/mol. The summed E-state index contributed by atoms with van der Waals surface area (Å²) < 4.78 is 7.25. The summed E-state index contributed by atoms with van der Waals surface area (Å²) in [4.78, 5) is 12.6. The molecule has 0 spiro atoms. The number of nitrogens with one attached hydrogen (secondary N) is 2. The number of rotatable bonds is 9. The Labute approximate surface area is 203 Å². The van der Waals surface area contributed by atoms with E-state index in [0.29, 0.717) is 23.1 Å². The van der Waals surface area contributed by atoms with Gasteiger partial charge < -0.3 is 15.4 Å². The Bertz CT molecular complexity index is 1270. The lowest BCUT2D eigenvalue weighted by atomic mass is 10.1. The molecule has 0 fully saturated rings. The molecule has 0 atom stereocenters. The standard InChI is InChI=1S/C26H27N5O2S/c1-18-12-13-19(2)23(14-18)31-24(16-27-20-8-5-4-6-9-20)29-30-26(31)34-17-25(32)28-21-10-7-11-22(15-21)33-3/h4-15,27H,16-17H2,1-3H3,(H,28,32). The van der Waals surface area contributed by atoms with Gasteiger partial charge in [-0.3, -0.25) is 9.36 Å². The predicted octanol–water partition coefficient (Wildman–Crippen LogP) is 5.24. The number of hydrogen-bond acceptors (Lipinski definition) is 6. The van der Waals surface area contributed by atoms with Crippen LogP contribution in [0, 0.1) is 13.8 Å². The maximum atomic E-state index is 12.6. The number of hydrogen-bond donors (Lipinski definition) is 2. The van der Waals surface area contributed by atoms with Gasteiger partial charge in [0.2, 0.25) is 5.91 Å². The number of ether oxygens (including phenoxy) is 1. The van der Waals surface area contributed by atoms with Gasteiger partial charge in [-0.15, -0.1) is 10.2 Å². The number of anilines is 2. The van der Waals surface area contributed by atoms with Gasteiger partial charge in [0, 0.05) is 17.4 Å². The molecular weight excluding hydrogens is 446 g/mol. The molecule has 0 saturated carbocycles. The fourth-order valence-electron chi connectivity index (χ4n) is 3.48. The van der Waals surface area contributed by atoms with Gasteiger partial charge in [0.15, 0.2) is 11.0 Å². The predicted molar refractivity (Wildman–Crippen MR) is 137 cm³/mol. The average Bonchev–Trinajstić information content (AvgIpc) is 3.26. The smallest absolute Gasteiger partial charge is 0.234 e. The quantitative estimate of drug-likeness (QED) is 0.324. The molecule has 0 aliphatic rings. The van der Waals surface area contributed by atoms with E-state index in [1.807, 2.05) is 53.1 Å². The van der Waals surface area contributed by atoms with Crippen molar-refractivity contribution in [2.45, 2.75) is 25.5 Å². The highest BCUT2D eigenvalue weighted by atomic mass is 32.2. The molecule has 4 aromatic rings. The van der Waals surface area contributed by atoms with E-state index in [1.54, 1.807) is 13.2 Å². The van der Waals surface area contributed by atoms with Crippen LogP contribution < -0.4 is 15.4 Å². The summed E-state index contributed by atoms with van der Waals surface area (Å²) >= 11 is 1.35. The van der Waals surface area contributed by atoms with E-state index in [0.717, 1.165) is 28.3 Å². The minimum Gasteiger partial charge on any atom is -0.497 e. The van der Waals surface area contributed by atoms with Crippen LogP contribution in [-0.4, -0.2) is 33.5 Å². The molecule has 0 aliphatic heterocycles. The van der Waals surface area contributed by atoms with E-state index < -0.39 is 0 Å². The van der Waals surface area contributed by atoms with E-state index in [-0.39, 0.29) is 11.7 Å². The van der Waals surface area contributed by atoms with Gasteiger partial charge in [-0.25, -0.2) is 0 Å². The Morgan fingerprint density at radius 3 is 2.56 bits per heavy atom. The zero-order valence-electron chi connectivity index (χ0n) is 19.4. The second-order valence-electron chi connectivity index (χ2n) is 7.81. The van der Waals surface area contributed by atoms with Crippen molar-refractivity contribution in [2.24, 2.45) is 0 Å². The van der Waals surface area contributed by atoms with Crippen molar-refractivity contribution in [3.8, 4) is 11.4 Å². The fourth-order valence-corrected chi connectivity index (χ4v) is 4.24. The number of carbonyl (C=O) groups excluding carboxylic acids is 1. The fraction of sp³-hybridized carbons (Fsp3) is 0.192. The van der Waals surface area contributed by atoms with Crippen molar-refractivity contribution in [1.82, 2.24) is 14.8 Å². The number of methoxy groups -OCH3 is 1. The normalized spacial score (nSPS) is 10.7. The zero-order valence-corrected chi connectivity index (χ0v) is 20.2. The molecule has 0 radical (unpaired) electrons. The number of carbonyl (C=O) groups is 1. The van der Waals surface area contributed by atoms with E-state index in [4.69, 9.17) is 4.74 Å². The number of amides is 1. The van der Waals surface area contributed by atoms with Crippen molar-refractivity contribution < 1.29 is 9.53 Å². The number of para-hydroxylation sites is 1. The summed E-state index contributed by atoms with van der Waals surface area (Å²) in [7, 11) is 1.60. The Kier molecular flexibility index (Phi) is 7.49. The van der Waals surface area contributed by atoms with Crippen LogP contribution in [0.3, 0.4) is 0 Å². The second-order valence-corrected chi connectivity index (χ2v) is 8.76. The van der Waals surface area contributed by atoms with Crippen LogP contribution in [0.25, 0.3) is 5.69 Å². The first-order chi connectivity index (χ1) is 16.5. The third-order valence-electron chi connectivity index (χ3n) is 5.22. The first-order valence-electron chi connectivity index (χ1n) is 10.9. The molecule has 1 aromatic heterocycles. The molecule has 2 N–H and O–H groups in total. The topological polar surface area (TPSA) is 81.1 Å². The third-order valence-corrected chi connectivity index (χ3v) is 6.15. The minimum atomic E-state index is -0.127. The molecule has 0 bridgehead atoms. The Morgan fingerprint density at radius 2 is 1.76 bits per heavy atom. The van der Waals surface area contributed by atoms with E-state index >= 15 is 0 Å². The highest BCUT2D eigenvalue weighted by Crippen LogP contribution is 2.26. The van der Waals surface area contributed by atoms with Gasteiger partial charge in [0.1, 0.15) is 5.75 Å². The van der Waals surface area contributed by atoms with Gasteiger partial charge in [-0.05, 0) is 55.3 Å². The average molecular weight is 474 g/mol. The lowest BCUT2D eigenvalue weighted by Gasteiger charge is -2.14. The van der Waals surface area contributed by atoms with Gasteiger partial charge in [-0.2, -0.15) is 0 Å². The van der Waals surface area contributed by atoms with Crippen molar-refractivity contribution in [3.05, 3.63) is 89.7 Å². The molecular formula is C26H27N5O2S. The number of benzene rings is 3. The second kappa shape index (κ2) is 10.9. The molecule has 0 unspecified atom stereocenters. The summed E-state index contributed by atoms with van der Waals surface area (Å²) in [5.74, 6) is 1.54. The number of aryl methyl sites for hydroxylation is 2. The van der Waals surface area contributed by atoms with Crippen LogP contribution in [-0.2, 0) is 11.3 Å². The Hall–Kier alpha value is -3.78. The van der Waals surface area contributed by atoms with Gasteiger partial charge >= 0.3 is 0 Å². The molecule has 0 saturated heterocycles. The largest absolute Gasteiger partial charge is 0.497 e. The van der Waals surface area contributed by atoms with E-state index in [9.17, 15) is 4.79 Å². The molecule has 7 nitrogen and oxygen atoms in total. The van der Waals surface area contributed by atoms with E-state index in [1.165, 1.54) is 11.8 Å². The molecule has 34 heavy (non-hydrogen) atoms. The van der Waals surface area contributed by atoms with Crippen LogP contribution >= 0.6 is 11.8 Å². The summed E-state index contributed by atoms with van der Waals surface area (Å²) in [5.41, 5.74) is 4.95. The Morgan fingerprint density at radius 1 is 0.971 bits per heavy atom. The summed E-state index contributed by atoms with van der Waals surface area (Å²) in [6.45, 7) is 4.62. The first kappa shape index (κ1) is 23.4. The summed E-state index contributed by atoms with van der Waals surface area (Å²) in [6, 6.07) is 23.6. The molecule has 1 heterocycles. The van der Waals surface area contributed by atoms with E-state index in [2.05, 4.69) is 52.9 Å². The highest BCUT2D eigenvalue weighted by Gasteiger charge is 2.17. The lowest BCUT2D eigenvalue weighted by Crippen LogP contribution is -2.15. The molecule has 174 valence electrons.